The molecule has 104 valence electrons. The maximum absolute atomic E-state index is 12.6. The highest BCUT2D eigenvalue weighted by Gasteiger charge is 2.42. The quantitative estimate of drug-likeness (QED) is 0.676. The number of carbonyl (C=O) groups is 1. The molecule has 1 nitrogen and oxygen atoms in total. The molecule has 0 heterocycles. The van der Waals surface area contributed by atoms with Crippen molar-refractivity contribution in [1.29, 1.82) is 0 Å². The average molecular weight is 262 g/mol. The van der Waals surface area contributed by atoms with Gasteiger partial charge in [0.1, 0.15) is 6.29 Å². The van der Waals surface area contributed by atoms with Gasteiger partial charge < -0.3 is 4.79 Å². The van der Waals surface area contributed by atoms with E-state index in [0.29, 0.717) is 24.7 Å². The van der Waals surface area contributed by atoms with Crippen LogP contribution >= 0.6 is 0 Å². The van der Waals surface area contributed by atoms with Crippen molar-refractivity contribution in [3.05, 3.63) is 0 Å². The van der Waals surface area contributed by atoms with Gasteiger partial charge in [-0.1, -0.05) is 12.8 Å². The Labute approximate surface area is 106 Å². The van der Waals surface area contributed by atoms with Gasteiger partial charge in [-0.25, -0.2) is 0 Å². The number of aldehydes is 1. The molecule has 0 radical (unpaired) electrons. The Bertz CT molecular complexity index is 279. The molecule has 18 heavy (non-hydrogen) atoms. The molecule has 2 atom stereocenters. The highest BCUT2D eigenvalue weighted by atomic mass is 19.4. The first-order valence-electron chi connectivity index (χ1n) is 7.02. The lowest BCUT2D eigenvalue weighted by molar-refractivity contribution is -0.185. The summed E-state index contributed by atoms with van der Waals surface area (Å²) in [6.07, 6.45) is 3.03. The molecule has 4 heteroatoms. The van der Waals surface area contributed by atoms with Crippen molar-refractivity contribution < 1.29 is 18.0 Å². The first-order valence-corrected chi connectivity index (χ1v) is 7.02. The largest absolute Gasteiger partial charge is 0.391 e. The van der Waals surface area contributed by atoms with E-state index < -0.39 is 12.1 Å². The maximum Gasteiger partial charge on any atom is 0.391 e. The number of hydrogen-bond acceptors (Lipinski definition) is 1. The number of rotatable bonds is 2. The van der Waals surface area contributed by atoms with Crippen LogP contribution in [-0.2, 0) is 4.79 Å². The molecule has 0 aliphatic heterocycles. The molecule has 2 saturated carbocycles. The second-order valence-corrected chi connectivity index (χ2v) is 5.98. The van der Waals surface area contributed by atoms with E-state index in [2.05, 4.69) is 0 Å². The number of carbonyl (C=O) groups excluding carboxylic acids is 1. The molecule has 0 aromatic rings. The summed E-state index contributed by atoms with van der Waals surface area (Å²) in [7, 11) is 0. The van der Waals surface area contributed by atoms with Crippen LogP contribution in [0.3, 0.4) is 0 Å². The third-order valence-corrected chi connectivity index (χ3v) is 4.85. The van der Waals surface area contributed by atoms with E-state index in [-0.39, 0.29) is 18.8 Å². The summed E-state index contributed by atoms with van der Waals surface area (Å²) in [5, 5.41) is 0. The lowest BCUT2D eigenvalue weighted by atomic mass is 9.69. The van der Waals surface area contributed by atoms with Crippen molar-refractivity contribution in [3.8, 4) is 0 Å². The zero-order chi connectivity index (χ0) is 13.2. The van der Waals surface area contributed by atoms with Gasteiger partial charge in [0.05, 0.1) is 5.92 Å². The standard InChI is InChI=1S/C14H21F3O/c15-14(16,17)13-6-4-11(5-7-13)12-3-1-2-10(8-12)9-18/h9-13H,1-8H2. The van der Waals surface area contributed by atoms with Crippen LogP contribution in [0, 0.1) is 23.7 Å². The van der Waals surface area contributed by atoms with Gasteiger partial charge in [0, 0.05) is 5.92 Å². The summed E-state index contributed by atoms with van der Waals surface area (Å²) < 4.78 is 37.7. The van der Waals surface area contributed by atoms with E-state index in [4.69, 9.17) is 0 Å². The SMILES string of the molecule is O=CC1CCCC(C2CCC(C(F)(F)F)CC2)C1. The number of hydrogen-bond donors (Lipinski definition) is 0. The van der Waals surface area contributed by atoms with Crippen LogP contribution in [-0.4, -0.2) is 12.5 Å². The van der Waals surface area contributed by atoms with Crippen molar-refractivity contribution in [2.24, 2.45) is 23.7 Å². The fourth-order valence-electron chi connectivity index (χ4n) is 3.74. The minimum Gasteiger partial charge on any atom is -0.303 e. The highest BCUT2D eigenvalue weighted by molar-refractivity contribution is 5.53. The van der Waals surface area contributed by atoms with Crippen LogP contribution in [0.2, 0.25) is 0 Å². The van der Waals surface area contributed by atoms with Crippen molar-refractivity contribution in [2.45, 2.75) is 57.5 Å². The van der Waals surface area contributed by atoms with Crippen LogP contribution in [0.5, 0.6) is 0 Å². The molecule has 0 aromatic heterocycles. The minimum absolute atomic E-state index is 0.157. The van der Waals surface area contributed by atoms with Gasteiger partial charge in [-0.2, -0.15) is 13.2 Å². The molecular weight excluding hydrogens is 241 g/mol. The summed E-state index contributed by atoms with van der Waals surface area (Å²) in [5.41, 5.74) is 0. The van der Waals surface area contributed by atoms with Gasteiger partial charge in [-0.3, -0.25) is 0 Å². The fourth-order valence-corrected chi connectivity index (χ4v) is 3.74. The van der Waals surface area contributed by atoms with E-state index in [0.717, 1.165) is 32.0 Å². The van der Waals surface area contributed by atoms with Crippen molar-refractivity contribution in [3.63, 3.8) is 0 Å². The van der Waals surface area contributed by atoms with E-state index in [1.165, 1.54) is 0 Å². The second-order valence-electron chi connectivity index (χ2n) is 5.98. The van der Waals surface area contributed by atoms with Gasteiger partial charge >= 0.3 is 6.18 Å². The normalized spacial score (nSPS) is 38.4. The van der Waals surface area contributed by atoms with Gasteiger partial charge in [0.25, 0.3) is 0 Å². The topological polar surface area (TPSA) is 17.1 Å². The Morgan fingerprint density at radius 3 is 2.11 bits per heavy atom. The number of alkyl halides is 3. The molecule has 0 spiro atoms. The van der Waals surface area contributed by atoms with E-state index in [1.807, 2.05) is 0 Å². The van der Waals surface area contributed by atoms with E-state index in [1.54, 1.807) is 0 Å². The van der Waals surface area contributed by atoms with Crippen LogP contribution in [0.4, 0.5) is 13.2 Å². The predicted molar refractivity (Wildman–Crippen MR) is 63.0 cm³/mol. The molecule has 0 saturated heterocycles. The van der Waals surface area contributed by atoms with E-state index in [9.17, 15) is 18.0 Å². The molecule has 2 fully saturated rings. The first kappa shape index (κ1) is 13.9. The molecule has 0 aromatic carbocycles. The summed E-state index contributed by atoms with van der Waals surface area (Å²) in [6, 6.07) is 0. The molecule has 2 aliphatic carbocycles. The van der Waals surface area contributed by atoms with Crippen LogP contribution in [0.1, 0.15) is 51.4 Å². The summed E-state index contributed by atoms with van der Waals surface area (Å²) in [4.78, 5) is 10.8. The molecule has 0 bridgehead atoms. The lowest BCUT2D eigenvalue weighted by Crippen LogP contribution is -2.32. The van der Waals surface area contributed by atoms with Gasteiger partial charge in [0.15, 0.2) is 0 Å². The smallest absolute Gasteiger partial charge is 0.303 e. The predicted octanol–water partition coefficient (Wildman–Crippen LogP) is 4.36. The molecule has 2 aliphatic rings. The Kier molecular flexibility index (Phi) is 4.33. The second kappa shape index (κ2) is 5.62. The highest BCUT2D eigenvalue weighted by Crippen LogP contribution is 2.45. The van der Waals surface area contributed by atoms with Crippen molar-refractivity contribution in [1.82, 2.24) is 0 Å². The molecule has 2 rings (SSSR count). The van der Waals surface area contributed by atoms with Crippen LogP contribution in [0.15, 0.2) is 0 Å². The van der Waals surface area contributed by atoms with Gasteiger partial charge in [0.2, 0.25) is 0 Å². The molecule has 0 amide bonds. The Morgan fingerprint density at radius 2 is 1.56 bits per heavy atom. The monoisotopic (exact) mass is 262 g/mol. The maximum atomic E-state index is 12.6. The third-order valence-electron chi connectivity index (χ3n) is 4.85. The zero-order valence-electron chi connectivity index (χ0n) is 10.6. The van der Waals surface area contributed by atoms with Crippen LogP contribution < -0.4 is 0 Å². The Hall–Kier alpha value is -0.540. The summed E-state index contributed by atoms with van der Waals surface area (Å²) in [5.74, 6) is -0.0159. The summed E-state index contributed by atoms with van der Waals surface area (Å²) in [6.45, 7) is 0. The zero-order valence-corrected chi connectivity index (χ0v) is 10.6. The third kappa shape index (κ3) is 3.27. The van der Waals surface area contributed by atoms with E-state index >= 15 is 0 Å². The van der Waals surface area contributed by atoms with Crippen LogP contribution in [0.25, 0.3) is 0 Å². The molecular formula is C14H21F3O. The average Bonchev–Trinajstić information content (AvgIpc) is 2.38. The summed E-state index contributed by atoms with van der Waals surface area (Å²) >= 11 is 0. The lowest BCUT2D eigenvalue weighted by Gasteiger charge is -2.37. The van der Waals surface area contributed by atoms with Crippen molar-refractivity contribution in [2.75, 3.05) is 0 Å². The van der Waals surface area contributed by atoms with Crippen molar-refractivity contribution >= 4 is 6.29 Å². The number of halogens is 3. The Balaban J connectivity index is 1.84. The first-order chi connectivity index (χ1) is 8.50. The molecule has 2 unspecified atom stereocenters. The fraction of sp³-hybridized carbons (Fsp3) is 0.929. The Morgan fingerprint density at radius 1 is 0.889 bits per heavy atom. The molecule has 0 N–H and O–H groups in total. The minimum atomic E-state index is -4.01. The van der Waals surface area contributed by atoms with Gasteiger partial charge in [-0.05, 0) is 50.4 Å². The van der Waals surface area contributed by atoms with Gasteiger partial charge in [-0.15, -0.1) is 0 Å².